The predicted molar refractivity (Wildman–Crippen MR) is 186 cm³/mol. The maximum atomic E-state index is 14.6. The lowest BCUT2D eigenvalue weighted by atomic mass is 9.51. The van der Waals surface area contributed by atoms with E-state index in [1.807, 2.05) is 17.0 Å². The number of amides is 2. The molecule has 4 saturated carbocycles. The summed E-state index contributed by atoms with van der Waals surface area (Å²) in [5.74, 6) is 2.37. The van der Waals surface area contributed by atoms with Crippen LogP contribution in [-0.4, -0.2) is 70.9 Å². The lowest BCUT2D eigenvalue weighted by molar-refractivity contribution is -0.124. The number of anilines is 1. The van der Waals surface area contributed by atoms with Crippen LogP contribution < -0.4 is 9.64 Å². The average Bonchev–Trinajstić information content (AvgIpc) is 3.61. The van der Waals surface area contributed by atoms with E-state index in [1.165, 1.54) is 16.0 Å². The molecule has 8 rings (SSSR count). The van der Waals surface area contributed by atoms with E-state index in [4.69, 9.17) is 23.9 Å². The molecule has 10 nitrogen and oxygen atoms in total. The minimum atomic E-state index is -0.462. The van der Waals surface area contributed by atoms with Gasteiger partial charge in [0.25, 0.3) is 0 Å². The normalized spacial score (nSPS) is 26.8. The molecule has 5 aliphatic rings. The lowest BCUT2D eigenvalue weighted by Gasteiger charge is -2.55. The molecule has 2 amide bonds. The number of carbonyl (C=O) groups is 2. The maximum absolute atomic E-state index is 14.6. The first-order valence-electron chi connectivity index (χ1n) is 18.1. The minimum absolute atomic E-state index is 0.0316. The number of oxazole rings is 1. The van der Waals surface area contributed by atoms with Gasteiger partial charge in [-0.2, -0.15) is 0 Å². The monoisotopic (exact) mass is 670 g/mol. The van der Waals surface area contributed by atoms with Gasteiger partial charge in [0, 0.05) is 30.1 Å². The highest BCUT2D eigenvalue weighted by atomic mass is 16.6. The van der Waals surface area contributed by atoms with Gasteiger partial charge in [0.2, 0.25) is 5.91 Å². The first kappa shape index (κ1) is 33.6. The second-order valence-corrected chi connectivity index (χ2v) is 15.4. The number of likely N-dealkylation sites (tertiary alicyclic amines) is 1. The molecule has 262 valence electrons. The van der Waals surface area contributed by atoms with E-state index >= 15 is 0 Å². The van der Waals surface area contributed by atoms with Crippen molar-refractivity contribution >= 4 is 17.8 Å². The fourth-order valence-electron chi connectivity index (χ4n) is 8.63. The van der Waals surface area contributed by atoms with Crippen molar-refractivity contribution in [1.82, 2.24) is 14.9 Å². The third-order valence-corrected chi connectivity index (χ3v) is 11.9. The number of methoxy groups -OCH3 is 1. The van der Waals surface area contributed by atoms with Crippen molar-refractivity contribution in [3.8, 4) is 17.0 Å². The number of fused-ring (bicyclic) bond motifs is 3. The number of hydrogen-bond donors (Lipinski definition) is 1. The van der Waals surface area contributed by atoms with Gasteiger partial charge >= 0.3 is 6.09 Å². The first-order valence-corrected chi connectivity index (χ1v) is 18.1. The molecule has 3 aromatic rings. The van der Waals surface area contributed by atoms with Crippen LogP contribution in [0.4, 0.5) is 10.6 Å². The van der Waals surface area contributed by atoms with E-state index < -0.39 is 6.10 Å². The Bertz CT molecular complexity index is 1650. The van der Waals surface area contributed by atoms with Gasteiger partial charge in [-0.3, -0.25) is 9.69 Å². The molecule has 49 heavy (non-hydrogen) atoms. The van der Waals surface area contributed by atoms with Crippen LogP contribution in [0.2, 0.25) is 0 Å². The zero-order chi connectivity index (χ0) is 34.3. The highest BCUT2D eigenvalue weighted by Crippen LogP contribution is 2.58. The second-order valence-electron chi connectivity index (χ2n) is 15.4. The highest BCUT2D eigenvalue weighted by molar-refractivity contribution is 5.95. The smallest absolute Gasteiger partial charge is 0.410 e. The van der Waals surface area contributed by atoms with Gasteiger partial charge in [-0.1, -0.05) is 26.0 Å². The third kappa shape index (κ3) is 6.68. The topological polar surface area (TPSA) is 118 Å². The number of hydrogen-bond acceptors (Lipinski definition) is 8. The van der Waals surface area contributed by atoms with Gasteiger partial charge in [-0.05, 0) is 111 Å². The summed E-state index contributed by atoms with van der Waals surface area (Å²) in [5.41, 5.74) is 4.42. The van der Waals surface area contributed by atoms with Crippen molar-refractivity contribution < 1.29 is 28.6 Å². The van der Waals surface area contributed by atoms with Gasteiger partial charge < -0.3 is 23.9 Å². The van der Waals surface area contributed by atoms with Crippen LogP contribution in [0, 0.1) is 18.3 Å². The average molecular weight is 671 g/mol. The number of pyridine rings is 1. The molecule has 1 N–H and O–H groups in total. The number of ether oxygens (including phenoxy) is 2. The number of nitrogens with zero attached hydrogens (tertiary/aromatic N) is 4. The van der Waals surface area contributed by atoms with Crippen LogP contribution in [0.1, 0.15) is 101 Å². The molecule has 0 spiro atoms. The van der Waals surface area contributed by atoms with Crippen LogP contribution >= 0.6 is 0 Å². The van der Waals surface area contributed by atoms with Crippen LogP contribution in [0.15, 0.2) is 47.2 Å². The van der Waals surface area contributed by atoms with Crippen molar-refractivity contribution in [2.45, 2.75) is 109 Å². The van der Waals surface area contributed by atoms with Gasteiger partial charge in [0.05, 0.1) is 26.3 Å². The van der Waals surface area contributed by atoms with E-state index in [9.17, 15) is 14.7 Å². The van der Waals surface area contributed by atoms with Gasteiger partial charge in [0.1, 0.15) is 29.6 Å². The lowest BCUT2D eigenvalue weighted by Crippen LogP contribution is -2.54. The summed E-state index contributed by atoms with van der Waals surface area (Å²) in [4.78, 5) is 40.1. The van der Waals surface area contributed by atoms with Crippen molar-refractivity contribution in [3.63, 3.8) is 0 Å². The van der Waals surface area contributed by atoms with Crippen LogP contribution in [0.3, 0.4) is 0 Å². The molecule has 0 radical (unpaired) electrons. The SMILES string of the molecule is COc1ccc(C23CCC(CN(C(=O)C4CCC(OC(=O)N5CC(O)C5)CC4)c4cc(-c5coc(C(C)C)n5)ccn4)(CC2)CC3)cc1C. The number of aromatic nitrogens is 2. The number of aliphatic hydroxyl groups excluding tert-OH is 1. The maximum Gasteiger partial charge on any atom is 0.410 e. The number of carbonyl (C=O) groups excluding carboxylic acids is 2. The summed E-state index contributed by atoms with van der Waals surface area (Å²) in [6, 6.07) is 10.6. The van der Waals surface area contributed by atoms with E-state index in [2.05, 4.69) is 39.0 Å². The summed E-state index contributed by atoms with van der Waals surface area (Å²) >= 11 is 0. The Morgan fingerprint density at radius 1 is 1.04 bits per heavy atom. The molecule has 2 bridgehead atoms. The number of rotatable bonds is 9. The fourth-order valence-corrected chi connectivity index (χ4v) is 8.63. The zero-order valence-electron chi connectivity index (χ0n) is 29.3. The van der Waals surface area contributed by atoms with Crippen molar-refractivity contribution in [1.29, 1.82) is 0 Å². The quantitative estimate of drug-likeness (QED) is 0.255. The van der Waals surface area contributed by atoms with Gasteiger partial charge in [-0.25, -0.2) is 14.8 Å². The molecule has 0 unspecified atom stereocenters. The molecule has 3 heterocycles. The Balaban J connectivity index is 1.10. The molecule has 1 saturated heterocycles. The van der Waals surface area contributed by atoms with E-state index in [0.29, 0.717) is 57.0 Å². The summed E-state index contributed by atoms with van der Waals surface area (Å²) < 4.78 is 17.0. The summed E-state index contributed by atoms with van der Waals surface area (Å²) in [6.07, 6.45) is 11.5. The van der Waals surface area contributed by atoms with Gasteiger partial charge in [0.15, 0.2) is 5.89 Å². The molecular formula is C39H50N4O6. The summed E-state index contributed by atoms with van der Waals surface area (Å²) in [5, 5.41) is 9.56. The first-order chi connectivity index (χ1) is 23.6. The molecule has 1 aromatic carbocycles. The van der Waals surface area contributed by atoms with Crippen molar-refractivity contribution in [2.75, 3.05) is 31.6 Å². The Morgan fingerprint density at radius 2 is 1.76 bits per heavy atom. The van der Waals surface area contributed by atoms with Crippen LogP contribution in [0.25, 0.3) is 11.3 Å². The third-order valence-electron chi connectivity index (χ3n) is 11.9. The fraction of sp³-hybridized carbons (Fsp3) is 0.590. The Morgan fingerprint density at radius 3 is 2.37 bits per heavy atom. The van der Waals surface area contributed by atoms with E-state index in [1.54, 1.807) is 19.6 Å². The number of aliphatic hydroxyl groups is 1. The molecule has 5 fully saturated rings. The standard InChI is InChI=1S/C39H50N4O6/c1-25(2)35-41-32(23-48-35)28-11-18-40-34(20-28)43(36(45)27-5-8-31(9-6-27)49-37(46)42-21-30(44)22-42)24-38-12-15-39(16-13-38,17-14-38)29-7-10-33(47-4)26(3)19-29/h7,10-11,18-20,23,25,27,30-31,44H,5-6,8-9,12-17,21-22,24H2,1-4H3. The Labute approximate surface area is 289 Å². The minimum Gasteiger partial charge on any atom is -0.496 e. The predicted octanol–water partition coefficient (Wildman–Crippen LogP) is 7.17. The van der Waals surface area contributed by atoms with Crippen LogP contribution in [-0.2, 0) is 14.9 Å². The molecule has 2 aromatic heterocycles. The number of β-amino-alcohol motifs (C(OH)–C–C–N with tert-alkyl or cyclic N) is 1. The number of aryl methyl sites for hydroxylation is 1. The second kappa shape index (κ2) is 13.4. The van der Waals surface area contributed by atoms with Gasteiger partial charge in [-0.15, -0.1) is 0 Å². The molecule has 0 atom stereocenters. The largest absolute Gasteiger partial charge is 0.496 e. The highest BCUT2D eigenvalue weighted by Gasteiger charge is 2.51. The van der Waals surface area contributed by atoms with E-state index in [0.717, 1.165) is 55.5 Å². The number of benzene rings is 1. The molecular weight excluding hydrogens is 620 g/mol. The van der Waals surface area contributed by atoms with Crippen molar-refractivity contribution in [3.05, 3.63) is 59.8 Å². The molecule has 10 heteroatoms. The summed E-state index contributed by atoms with van der Waals surface area (Å²) in [6.45, 7) is 7.51. The summed E-state index contributed by atoms with van der Waals surface area (Å²) in [7, 11) is 1.73. The Hall–Kier alpha value is -3.92. The molecule has 1 aliphatic heterocycles. The Kier molecular flexibility index (Phi) is 9.19. The van der Waals surface area contributed by atoms with Crippen LogP contribution in [0.5, 0.6) is 5.75 Å². The zero-order valence-corrected chi connectivity index (χ0v) is 29.3. The molecule has 4 aliphatic carbocycles. The van der Waals surface area contributed by atoms with E-state index in [-0.39, 0.29) is 40.8 Å². The van der Waals surface area contributed by atoms with Crippen molar-refractivity contribution in [2.24, 2.45) is 11.3 Å².